The predicted octanol–water partition coefficient (Wildman–Crippen LogP) is 21.8. The number of carbonyl (C=O) groups excluding carboxylic acids is 3. The third-order valence-corrected chi connectivity index (χ3v) is 14.3. The molecule has 0 aromatic heterocycles. The van der Waals surface area contributed by atoms with E-state index in [4.69, 9.17) is 14.2 Å². The summed E-state index contributed by atoms with van der Waals surface area (Å²) in [7, 11) is 0. The first kappa shape index (κ1) is 70.4. The molecule has 0 aliphatic heterocycles. The second-order valence-electron chi connectivity index (χ2n) is 21.6. The van der Waals surface area contributed by atoms with Crippen molar-refractivity contribution in [3.05, 3.63) is 48.6 Å². The van der Waals surface area contributed by atoms with Crippen molar-refractivity contribution >= 4 is 17.9 Å². The Morgan fingerprint density at radius 2 is 0.534 bits per heavy atom. The molecule has 1 atom stereocenters. The molecular weight excluding hydrogens is 901 g/mol. The summed E-state index contributed by atoms with van der Waals surface area (Å²) in [4.78, 5) is 38.2. The number of ether oxygens (including phenoxy) is 3. The maximum Gasteiger partial charge on any atom is 0.306 e. The summed E-state index contributed by atoms with van der Waals surface area (Å²) in [6.07, 6.45) is 77.1. The Kier molecular flexibility index (Phi) is 59.7. The summed E-state index contributed by atoms with van der Waals surface area (Å²) < 4.78 is 16.9. The predicted molar refractivity (Wildman–Crippen MR) is 316 cm³/mol. The molecule has 0 aromatic carbocycles. The molecule has 0 aromatic rings. The maximum absolute atomic E-state index is 12.9. The number of carbonyl (C=O) groups is 3. The average Bonchev–Trinajstić information content (AvgIpc) is 3.39. The smallest absolute Gasteiger partial charge is 0.306 e. The summed E-state index contributed by atoms with van der Waals surface area (Å²) in [5.74, 6) is -0.889. The van der Waals surface area contributed by atoms with E-state index in [1.807, 2.05) is 0 Å². The fourth-order valence-electron chi connectivity index (χ4n) is 9.51. The molecule has 6 nitrogen and oxygen atoms in total. The second kappa shape index (κ2) is 61.9. The van der Waals surface area contributed by atoms with Crippen molar-refractivity contribution in [2.75, 3.05) is 13.2 Å². The van der Waals surface area contributed by atoms with E-state index < -0.39 is 6.10 Å². The lowest BCUT2D eigenvalue weighted by atomic mass is 10.0. The Labute approximate surface area is 454 Å². The minimum Gasteiger partial charge on any atom is -0.462 e. The maximum atomic E-state index is 12.9. The van der Waals surface area contributed by atoms with Gasteiger partial charge in [0.25, 0.3) is 0 Å². The highest BCUT2D eigenvalue weighted by Crippen LogP contribution is 2.18. The molecule has 0 aliphatic rings. The molecule has 0 radical (unpaired) electrons. The van der Waals surface area contributed by atoms with E-state index in [1.54, 1.807) is 0 Å². The van der Waals surface area contributed by atoms with Crippen LogP contribution in [-0.2, 0) is 28.6 Å². The largest absolute Gasteiger partial charge is 0.462 e. The Balaban J connectivity index is 4.16. The van der Waals surface area contributed by atoms with Gasteiger partial charge in [0.2, 0.25) is 0 Å². The van der Waals surface area contributed by atoms with Gasteiger partial charge in [-0.05, 0) is 77.0 Å². The highest BCUT2D eigenvalue weighted by molar-refractivity contribution is 5.71. The molecule has 0 amide bonds. The summed E-state index contributed by atoms with van der Waals surface area (Å²) in [5, 5.41) is 0. The molecule has 0 saturated carbocycles. The van der Waals surface area contributed by atoms with Crippen molar-refractivity contribution < 1.29 is 28.6 Å². The summed E-state index contributed by atoms with van der Waals surface area (Å²) in [6, 6.07) is 0. The zero-order chi connectivity index (χ0) is 52.9. The van der Waals surface area contributed by atoms with Gasteiger partial charge < -0.3 is 14.2 Å². The normalized spacial score (nSPS) is 12.3. The number of unbranched alkanes of at least 4 members (excludes halogenated alkanes) is 40. The first-order valence-electron chi connectivity index (χ1n) is 32.1. The molecule has 0 rings (SSSR count). The van der Waals surface area contributed by atoms with E-state index in [9.17, 15) is 14.4 Å². The molecule has 0 aliphatic carbocycles. The molecule has 0 fully saturated rings. The topological polar surface area (TPSA) is 78.9 Å². The number of hydrogen-bond acceptors (Lipinski definition) is 6. The van der Waals surface area contributed by atoms with Crippen LogP contribution in [0.1, 0.15) is 342 Å². The Hall–Kier alpha value is -2.63. The van der Waals surface area contributed by atoms with Gasteiger partial charge in [-0.1, -0.05) is 294 Å². The summed E-state index contributed by atoms with van der Waals surface area (Å²) in [5.41, 5.74) is 0. The first-order valence-corrected chi connectivity index (χ1v) is 32.1. The Morgan fingerprint density at radius 1 is 0.288 bits per heavy atom. The zero-order valence-electron chi connectivity index (χ0n) is 48.9. The second-order valence-corrected chi connectivity index (χ2v) is 21.6. The molecule has 0 bridgehead atoms. The van der Waals surface area contributed by atoms with E-state index in [1.165, 1.54) is 199 Å². The van der Waals surface area contributed by atoms with Gasteiger partial charge in [0.1, 0.15) is 13.2 Å². The fraction of sp³-hybridized carbons (Fsp3) is 0.836. The molecular formula is C67H122O6. The van der Waals surface area contributed by atoms with Crippen LogP contribution < -0.4 is 0 Å². The summed E-state index contributed by atoms with van der Waals surface area (Å²) >= 11 is 0. The van der Waals surface area contributed by atoms with Gasteiger partial charge in [-0.15, -0.1) is 0 Å². The minimum atomic E-state index is -0.784. The van der Waals surface area contributed by atoms with Crippen molar-refractivity contribution in [3.63, 3.8) is 0 Å². The zero-order valence-corrected chi connectivity index (χ0v) is 48.9. The molecule has 426 valence electrons. The van der Waals surface area contributed by atoms with Gasteiger partial charge in [-0.25, -0.2) is 0 Å². The van der Waals surface area contributed by atoms with Crippen molar-refractivity contribution in [1.82, 2.24) is 0 Å². The van der Waals surface area contributed by atoms with Crippen molar-refractivity contribution in [3.8, 4) is 0 Å². The van der Waals surface area contributed by atoms with Crippen LogP contribution in [0.4, 0.5) is 0 Å². The Morgan fingerprint density at radius 3 is 0.877 bits per heavy atom. The van der Waals surface area contributed by atoms with Crippen molar-refractivity contribution in [1.29, 1.82) is 0 Å². The van der Waals surface area contributed by atoms with E-state index in [-0.39, 0.29) is 31.1 Å². The number of esters is 3. The number of hydrogen-bond donors (Lipinski definition) is 0. The third-order valence-electron chi connectivity index (χ3n) is 14.3. The quantitative estimate of drug-likeness (QED) is 0.0261. The van der Waals surface area contributed by atoms with Gasteiger partial charge in [-0.2, -0.15) is 0 Å². The van der Waals surface area contributed by atoms with Crippen LogP contribution >= 0.6 is 0 Å². The van der Waals surface area contributed by atoms with Gasteiger partial charge in [-0.3, -0.25) is 14.4 Å². The minimum absolute atomic E-state index is 0.0797. The van der Waals surface area contributed by atoms with Crippen LogP contribution in [0, 0.1) is 0 Å². The SMILES string of the molecule is CC/C=C\C/C=C\C/C=C\CCCCCCCC(=O)OC(COC(=O)CCCCCCC/C=C\CCCCC)COC(=O)CCCCCCCCCCCCCCCCCCCCCCCCCCCCCC. The molecule has 73 heavy (non-hydrogen) atoms. The van der Waals surface area contributed by atoms with E-state index in [2.05, 4.69) is 69.4 Å². The van der Waals surface area contributed by atoms with Crippen LogP contribution in [0.25, 0.3) is 0 Å². The van der Waals surface area contributed by atoms with Crippen LogP contribution in [0.15, 0.2) is 48.6 Å². The lowest BCUT2D eigenvalue weighted by Gasteiger charge is -2.18. The summed E-state index contributed by atoms with van der Waals surface area (Å²) in [6.45, 7) is 6.53. The van der Waals surface area contributed by atoms with Crippen LogP contribution in [-0.4, -0.2) is 37.2 Å². The van der Waals surface area contributed by atoms with Crippen molar-refractivity contribution in [2.24, 2.45) is 0 Å². The molecule has 0 heterocycles. The lowest BCUT2D eigenvalue weighted by molar-refractivity contribution is -0.167. The Bertz CT molecular complexity index is 1270. The van der Waals surface area contributed by atoms with Gasteiger partial charge >= 0.3 is 17.9 Å². The highest BCUT2D eigenvalue weighted by Gasteiger charge is 2.19. The standard InChI is InChI=1S/C67H122O6/c1-4-7-10-13-16-19-22-25-27-28-29-30-31-32-33-34-35-36-37-38-39-41-42-45-48-51-54-57-60-66(69)72-63-64(62-71-65(68)59-56-53-50-47-44-24-21-18-15-12-9-6-3)73-67(70)61-58-55-52-49-46-43-40-26-23-20-17-14-11-8-5-2/h8,11,17-18,20-21,26,40,64H,4-7,9-10,12-16,19,22-25,27-39,41-63H2,1-3H3/b11-8-,20-17-,21-18-,40-26-. The van der Waals surface area contributed by atoms with Gasteiger partial charge in [0.15, 0.2) is 6.10 Å². The van der Waals surface area contributed by atoms with Crippen LogP contribution in [0.2, 0.25) is 0 Å². The molecule has 0 spiro atoms. The van der Waals surface area contributed by atoms with Crippen LogP contribution in [0.3, 0.4) is 0 Å². The van der Waals surface area contributed by atoms with Gasteiger partial charge in [0, 0.05) is 19.3 Å². The molecule has 1 unspecified atom stereocenters. The van der Waals surface area contributed by atoms with Crippen molar-refractivity contribution in [2.45, 2.75) is 348 Å². The monoisotopic (exact) mass is 1020 g/mol. The third kappa shape index (κ3) is 60.1. The first-order chi connectivity index (χ1) is 36.0. The number of rotatable bonds is 59. The van der Waals surface area contributed by atoms with E-state index in [0.29, 0.717) is 19.3 Å². The molecule has 0 saturated heterocycles. The van der Waals surface area contributed by atoms with Crippen LogP contribution in [0.5, 0.6) is 0 Å². The molecule has 0 N–H and O–H groups in total. The van der Waals surface area contributed by atoms with E-state index in [0.717, 1.165) is 103 Å². The highest BCUT2D eigenvalue weighted by atomic mass is 16.6. The van der Waals surface area contributed by atoms with Gasteiger partial charge in [0.05, 0.1) is 0 Å². The number of allylic oxidation sites excluding steroid dienone is 8. The lowest BCUT2D eigenvalue weighted by Crippen LogP contribution is -2.30. The molecule has 6 heteroatoms. The van der Waals surface area contributed by atoms with E-state index >= 15 is 0 Å². The fourth-order valence-corrected chi connectivity index (χ4v) is 9.51. The average molecular weight is 1020 g/mol.